The molecule has 15 heavy (non-hydrogen) atoms. The number of aromatic nitrogens is 2. The lowest BCUT2D eigenvalue weighted by atomic mass is 10.0. The average Bonchev–Trinajstić information content (AvgIpc) is 2.25. The highest BCUT2D eigenvalue weighted by Gasteiger charge is 2.05. The molecule has 0 N–H and O–H groups in total. The minimum absolute atomic E-state index is 0.832. The smallest absolute Gasteiger partial charge is 0.0897 e. The third-order valence-corrected chi connectivity index (χ3v) is 2.80. The molecular weight excluding hydrogens is 184 g/mol. The van der Waals surface area contributed by atoms with Gasteiger partial charge in [-0.3, -0.25) is 9.97 Å². The van der Waals surface area contributed by atoms with Crippen molar-refractivity contribution in [1.29, 1.82) is 0 Å². The maximum Gasteiger partial charge on any atom is 0.0897 e. The van der Waals surface area contributed by atoms with Gasteiger partial charge in [-0.15, -0.1) is 0 Å². The number of rotatable bonds is 0. The van der Waals surface area contributed by atoms with Crippen LogP contribution in [0.25, 0.3) is 28.3 Å². The highest BCUT2D eigenvalue weighted by Crippen LogP contribution is 2.23. The molecular formula is C13H10N2. The second kappa shape index (κ2) is 2.76. The summed E-state index contributed by atoms with van der Waals surface area (Å²) in [7, 11) is 0. The van der Waals surface area contributed by atoms with Crippen LogP contribution >= 0.6 is 0 Å². The largest absolute Gasteiger partial charge is 0.255 e. The maximum absolute atomic E-state index is 4.32. The molecule has 0 aliphatic carbocycles. The van der Waals surface area contributed by atoms with Crippen LogP contribution in [0.15, 0.2) is 30.6 Å². The minimum Gasteiger partial charge on any atom is -0.255 e. The lowest BCUT2D eigenvalue weighted by molar-refractivity contribution is 1.27. The number of nitrogens with zero attached hydrogens (tertiary/aromatic N) is 2. The summed E-state index contributed by atoms with van der Waals surface area (Å²) < 4.78 is 0. The summed E-state index contributed by atoms with van der Waals surface area (Å²) in [5, 5.41) is 4.35. The number of pyridine rings is 2. The molecule has 0 saturated heterocycles. The van der Waals surface area contributed by atoms with Gasteiger partial charge in [0.2, 0.25) is 0 Å². The highest BCUT2D eigenvalue weighted by atomic mass is 14.7. The van der Waals surface area contributed by atoms with Crippen LogP contribution in [0.5, 0.6) is 0 Å². The van der Waals surface area contributed by atoms with Gasteiger partial charge >= 0.3 is 0 Å². The summed E-state index contributed by atoms with van der Waals surface area (Å²) in [6, 6.07) is 6.24. The van der Waals surface area contributed by atoms with Crippen LogP contribution in [0, 0.1) is 6.92 Å². The number of benzene rings is 1. The molecule has 0 radical (unpaired) electrons. The van der Waals surface area contributed by atoms with Gasteiger partial charge in [-0.25, -0.2) is 0 Å². The molecule has 72 valence electrons. The van der Waals surface area contributed by atoms with Crippen LogP contribution < -0.4 is 5.35 Å². The topological polar surface area (TPSA) is 25.8 Å². The minimum atomic E-state index is 0.832. The molecule has 0 bridgehead atoms. The van der Waals surface area contributed by atoms with E-state index in [0.717, 1.165) is 16.3 Å². The number of hydrogen-bond acceptors (Lipinski definition) is 2. The molecule has 0 spiro atoms. The molecule has 0 unspecified atom stereocenters. The first-order valence-corrected chi connectivity index (χ1v) is 4.89. The molecule has 0 aliphatic heterocycles. The summed E-state index contributed by atoms with van der Waals surface area (Å²) in [6.07, 6.45) is 3.61. The van der Waals surface area contributed by atoms with Gasteiger partial charge in [0.05, 0.1) is 17.1 Å². The first-order valence-electron chi connectivity index (χ1n) is 4.89. The Morgan fingerprint density at radius 1 is 1.07 bits per heavy atom. The Morgan fingerprint density at radius 2 is 1.93 bits per heavy atom. The number of hydrogen-bond donors (Lipinski definition) is 0. The van der Waals surface area contributed by atoms with E-state index >= 15 is 0 Å². The Balaban J connectivity index is 2.79. The Kier molecular flexibility index (Phi) is 1.54. The molecule has 2 heteroatoms. The Morgan fingerprint density at radius 3 is 2.80 bits per heavy atom. The van der Waals surface area contributed by atoms with Crippen LogP contribution in [0.3, 0.4) is 0 Å². The zero-order valence-electron chi connectivity index (χ0n) is 8.49. The van der Waals surface area contributed by atoms with E-state index in [0.29, 0.717) is 0 Å². The maximum atomic E-state index is 4.32. The third-order valence-electron chi connectivity index (χ3n) is 2.80. The van der Waals surface area contributed by atoms with Crippen molar-refractivity contribution in [2.45, 2.75) is 6.92 Å². The first kappa shape index (κ1) is 8.36. The molecule has 0 aliphatic rings. The summed E-state index contributed by atoms with van der Waals surface area (Å²) in [5.74, 6) is 0. The van der Waals surface area contributed by atoms with Gasteiger partial charge < -0.3 is 0 Å². The van der Waals surface area contributed by atoms with E-state index in [1.807, 2.05) is 12.3 Å². The normalized spacial score (nSPS) is 11.3. The summed E-state index contributed by atoms with van der Waals surface area (Å²) in [6.45, 7) is 6.05. The molecule has 0 saturated carbocycles. The standard InChI is InChI=1S/C13H10N2/c1-8-3-4-10-5-6-14-11-7-15-9(2)12(8)13(10)11/h3-7H,2H2,1H3. The fourth-order valence-corrected chi connectivity index (χ4v) is 2.07. The number of aryl methyl sites for hydroxylation is 1. The molecule has 1 aromatic carbocycles. The van der Waals surface area contributed by atoms with Gasteiger partial charge in [-0.1, -0.05) is 18.7 Å². The van der Waals surface area contributed by atoms with Crippen LogP contribution in [0.1, 0.15) is 5.56 Å². The Hall–Kier alpha value is -1.96. The van der Waals surface area contributed by atoms with Gasteiger partial charge in [0.1, 0.15) is 0 Å². The average molecular weight is 194 g/mol. The second-order valence-electron chi connectivity index (χ2n) is 3.76. The first-order chi connectivity index (χ1) is 7.27. The summed E-state index contributed by atoms with van der Waals surface area (Å²) >= 11 is 0. The van der Waals surface area contributed by atoms with Crippen molar-refractivity contribution in [1.82, 2.24) is 9.97 Å². The Labute approximate surface area is 87.3 Å². The van der Waals surface area contributed by atoms with Crippen molar-refractivity contribution >= 4 is 28.3 Å². The third kappa shape index (κ3) is 1.05. The molecule has 2 heterocycles. The van der Waals surface area contributed by atoms with E-state index in [1.54, 1.807) is 6.20 Å². The van der Waals surface area contributed by atoms with Gasteiger partial charge in [0, 0.05) is 17.0 Å². The highest BCUT2D eigenvalue weighted by molar-refractivity contribution is 6.08. The predicted molar refractivity (Wildman–Crippen MR) is 62.5 cm³/mol. The predicted octanol–water partition coefficient (Wildman–Crippen LogP) is 2.22. The molecule has 3 rings (SSSR count). The van der Waals surface area contributed by atoms with E-state index < -0.39 is 0 Å². The molecule has 2 nitrogen and oxygen atoms in total. The second-order valence-corrected chi connectivity index (χ2v) is 3.76. The van der Waals surface area contributed by atoms with Crippen LogP contribution in [-0.2, 0) is 0 Å². The zero-order valence-corrected chi connectivity index (χ0v) is 8.49. The lowest BCUT2D eigenvalue weighted by Crippen LogP contribution is -2.07. The van der Waals surface area contributed by atoms with E-state index in [1.165, 1.54) is 16.3 Å². The van der Waals surface area contributed by atoms with Crippen LogP contribution in [0.4, 0.5) is 0 Å². The lowest BCUT2D eigenvalue weighted by Gasteiger charge is -2.06. The fraction of sp³-hybridized carbons (Fsp3) is 0.0769. The van der Waals surface area contributed by atoms with Crippen molar-refractivity contribution in [2.24, 2.45) is 0 Å². The molecule has 0 amide bonds. The molecule has 3 aromatic rings. The van der Waals surface area contributed by atoms with Crippen molar-refractivity contribution < 1.29 is 0 Å². The fourth-order valence-electron chi connectivity index (χ4n) is 2.07. The van der Waals surface area contributed by atoms with Gasteiger partial charge in [-0.05, 0) is 23.9 Å². The monoisotopic (exact) mass is 194 g/mol. The van der Waals surface area contributed by atoms with E-state index in [9.17, 15) is 0 Å². The zero-order chi connectivity index (χ0) is 10.4. The molecule has 0 atom stereocenters. The summed E-state index contributed by atoms with van der Waals surface area (Å²) in [5.41, 5.74) is 2.15. The summed E-state index contributed by atoms with van der Waals surface area (Å²) in [4.78, 5) is 8.60. The van der Waals surface area contributed by atoms with Crippen molar-refractivity contribution in [3.63, 3.8) is 0 Å². The van der Waals surface area contributed by atoms with Crippen molar-refractivity contribution in [3.8, 4) is 0 Å². The SMILES string of the molecule is C=c1ncc2nccc3ccc(C)c1c32. The van der Waals surface area contributed by atoms with Gasteiger partial charge in [0.15, 0.2) is 0 Å². The van der Waals surface area contributed by atoms with Crippen LogP contribution in [-0.4, -0.2) is 9.97 Å². The van der Waals surface area contributed by atoms with E-state index in [2.05, 4.69) is 35.6 Å². The molecule has 0 fully saturated rings. The molecule has 2 aromatic heterocycles. The Bertz CT molecular complexity index is 685. The van der Waals surface area contributed by atoms with Crippen molar-refractivity contribution in [2.75, 3.05) is 0 Å². The van der Waals surface area contributed by atoms with E-state index in [4.69, 9.17) is 0 Å². The van der Waals surface area contributed by atoms with Gasteiger partial charge in [0.25, 0.3) is 0 Å². The van der Waals surface area contributed by atoms with Crippen LogP contribution in [0.2, 0.25) is 0 Å². The van der Waals surface area contributed by atoms with Crippen molar-refractivity contribution in [3.05, 3.63) is 41.5 Å². The van der Waals surface area contributed by atoms with Gasteiger partial charge in [-0.2, -0.15) is 0 Å². The quantitative estimate of drug-likeness (QED) is 0.548. The van der Waals surface area contributed by atoms with E-state index in [-0.39, 0.29) is 0 Å².